The van der Waals surface area contributed by atoms with Gasteiger partial charge in [0.25, 0.3) is 0 Å². The number of rotatable bonds is 5. The summed E-state index contributed by atoms with van der Waals surface area (Å²) in [7, 11) is 1.57. The lowest BCUT2D eigenvalue weighted by molar-refractivity contribution is -0.137. The number of hydrogen-bond acceptors (Lipinski definition) is 4. The largest absolute Gasteiger partial charge is 0.496 e. The van der Waals surface area contributed by atoms with E-state index in [4.69, 9.17) is 10.5 Å². The van der Waals surface area contributed by atoms with Gasteiger partial charge in [-0.3, -0.25) is 9.79 Å². The molecule has 0 fully saturated rings. The maximum atomic E-state index is 13.5. The number of aliphatic imine (C=N–C) groups is 1. The van der Waals surface area contributed by atoms with Gasteiger partial charge in [0.05, 0.1) is 43.5 Å². The summed E-state index contributed by atoms with van der Waals surface area (Å²) >= 11 is 0. The van der Waals surface area contributed by atoms with Gasteiger partial charge in [-0.05, 0) is 35.9 Å². The molecular weight excluding hydrogens is 421 g/mol. The molecule has 2 N–H and O–H groups in total. The van der Waals surface area contributed by atoms with Crippen LogP contribution in [0, 0.1) is 0 Å². The summed E-state index contributed by atoms with van der Waals surface area (Å²) in [4.78, 5) is 20.2. The maximum Gasteiger partial charge on any atom is 0.416 e. The Kier molecular flexibility index (Phi) is 5.56. The summed E-state index contributed by atoms with van der Waals surface area (Å²) in [6.07, 6.45) is 1.89. The Labute approximate surface area is 181 Å². The highest BCUT2D eigenvalue weighted by Crippen LogP contribution is 2.39. The third kappa shape index (κ3) is 4.01. The van der Waals surface area contributed by atoms with Gasteiger partial charge in [-0.2, -0.15) is 13.2 Å². The third-order valence-corrected chi connectivity index (χ3v) is 5.26. The molecule has 1 atom stereocenters. The van der Waals surface area contributed by atoms with Crippen molar-refractivity contribution in [3.05, 3.63) is 77.8 Å². The Bertz CT molecular complexity index is 1230. The van der Waals surface area contributed by atoms with Crippen molar-refractivity contribution in [3.8, 4) is 17.0 Å². The number of para-hydroxylation sites is 1. The molecule has 0 spiro atoms. The number of aromatic nitrogens is 2. The molecule has 0 saturated carbocycles. The molecule has 1 amide bonds. The summed E-state index contributed by atoms with van der Waals surface area (Å²) in [5.41, 5.74) is 6.40. The molecule has 0 aliphatic carbocycles. The third-order valence-electron chi connectivity index (χ3n) is 5.26. The second-order valence-corrected chi connectivity index (χ2v) is 7.20. The normalized spacial score (nSPS) is 16.0. The number of nitrogens with zero attached hydrogens (tertiary/aromatic N) is 3. The van der Waals surface area contributed by atoms with Crippen LogP contribution in [0.3, 0.4) is 0 Å². The lowest BCUT2D eigenvalue weighted by Crippen LogP contribution is -2.18. The van der Waals surface area contributed by atoms with Gasteiger partial charge in [0.1, 0.15) is 5.75 Å². The van der Waals surface area contributed by atoms with E-state index in [9.17, 15) is 18.0 Å². The van der Waals surface area contributed by atoms with E-state index in [0.29, 0.717) is 18.0 Å². The van der Waals surface area contributed by atoms with E-state index in [1.54, 1.807) is 17.9 Å². The first-order valence-corrected chi connectivity index (χ1v) is 9.67. The molecule has 3 aromatic rings. The zero-order valence-corrected chi connectivity index (χ0v) is 17.0. The van der Waals surface area contributed by atoms with E-state index >= 15 is 0 Å². The first kappa shape index (κ1) is 21.4. The zero-order chi connectivity index (χ0) is 22.9. The molecule has 0 bridgehead atoms. The molecule has 6 nitrogen and oxygen atoms in total. The maximum absolute atomic E-state index is 13.5. The number of nitrogens with two attached hydrogens (primary N) is 1. The molecule has 164 valence electrons. The summed E-state index contributed by atoms with van der Waals surface area (Å²) in [6.45, 7) is 0.356. The first-order valence-electron chi connectivity index (χ1n) is 9.67. The smallest absolute Gasteiger partial charge is 0.416 e. The highest BCUT2D eigenvalue weighted by molar-refractivity contribution is 5.94. The summed E-state index contributed by atoms with van der Waals surface area (Å²) in [5.74, 6) is -0.281. The molecule has 4 rings (SSSR count). The van der Waals surface area contributed by atoms with Gasteiger partial charge >= 0.3 is 6.18 Å². The molecule has 1 aliphatic rings. The van der Waals surface area contributed by atoms with Gasteiger partial charge in [0.2, 0.25) is 5.91 Å². The number of ether oxygens (including phenoxy) is 1. The fourth-order valence-electron chi connectivity index (χ4n) is 3.75. The number of carbonyl (C=O) groups is 1. The first-order chi connectivity index (χ1) is 15.3. The molecule has 1 unspecified atom stereocenters. The average Bonchev–Trinajstić information content (AvgIpc) is 3.28. The van der Waals surface area contributed by atoms with Crippen LogP contribution >= 0.6 is 0 Å². The van der Waals surface area contributed by atoms with Crippen LogP contribution in [0.5, 0.6) is 5.75 Å². The molecule has 0 radical (unpaired) electrons. The van der Waals surface area contributed by atoms with Crippen molar-refractivity contribution in [1.82, 2.24) is 9.55 Å². The van der Waals surface area contributed by atoms with Crippen molar-refractivity contribution in [2.24, 2.45) is 10.7 Å². The molecule has 0 saturated heterocycles. The minimum atomic E-state index is -4.64. The number of primary amides is 1. The molecule has 2 heterocycles. The van der Waals surface area contributed by atoms with Crippen molar-refractivity contribution in [1.29, 1.82) is 0 Å². The zero-order valence-electron chi connectivity index (χ0n) is 17.0. The van der Waals surface area contributed by atoms with Crippen LogP contribution in [0.2, 0.25) is 0 Å². The van der Waals surface area contributed by atoms with Crippen LogP contribution in [0.1, 0.15) is 27.5 Å². The number of dihydropyridines is 1. The number of alkyl halides is 3. The monoisotopic (exact) mass is 440 g/mol. The molecule has 1 aliphatic heterocycles. The van der Waals surface area contributed by atoms with Gasteiger partial charge in [-0.15, -0.1) is 0 Å². The van der Waals surface area contributed by atoms with E-state index in [1.807, 2.05) is 30.3 Å². The lowest BCUT2D eigenvalue weighted by atomic mass is 9.94. The fraction of sp³-hybridized carbons (Fsp3) is 0.174. The van der Waals surface area contributed by atoms with Crippen molar-refractivity contribution in [3.63, 3.8) is 0 Å². The Morgan fingerprint density at radius 1 is 1.22 bits per heavy atom. The predicted molar refractivity (Wildman–Crippen MR) is 115 cm³/mol. The van der Waals surface area contributed by atoms with Crippen LogP contribution in [-0.2, 0) is 6.18 Å². The summed E-state index contributed by atoms with van der Waals surface area (Å²) in [5, 5.41) is 0. The quantitative estimate of drug-likeness (QED) is 0.639. The average molecular weight is 440 g/mol. The van der Waals surface area contributed by atoms with Crippen LogP contribution in [-0.4, -0.2) is 35.3 Å². The highest BCUT2D eigenvalue weighted by Gasteiger charge is 2.32. The van der Waals surface area contributed by atoms with Crippen LogP contribution < -0.4 is 10.5 Å². The summed E-state index contributed by atoms with van der Waals surface area (Å²) < 4.78 is 47.6. The molecule has 1 aromatic heterocycles. The number of imidazole rings is 1. The molecular formula is C23H19F3N4O2. The Morgan fingerprint density at radius 3 is 2.72 bits per heavy atom. The van der Waals surface area contributed by atoms with Crippen molar-refractivity contribution < 1.29 is 22.7 Å². The van der Waals surface area contributed by atoms with E-state index < -0.39 is 17.6 Å². The van der Waals surface area contributed by atoms with Crippen molar-refractivity contribution >= 4 is 17.7 Å². The van der Waals surface area contributed by atoms with Gasteiger partial charge in [0, 0.05) is 22.9 Å². The van der Waals surface area contributed by atoms with Crippen LogP contribution in [0.25, 0.3) is 16.8 Å². The number of halogens is 3. The summed E-state index contributed by atoms with van der Waals surface area (Å²) in [6, 6.07) is 10.2. The van der Waals surface area contributed by atoms with E-state index in [1.165, 1.54) is 18.6 Å². The number of amides is 1. The number of methoxy groups -OCH3 is 1. The van der Waals surface area contributed by atoms with Gasteiger partial charge < -0.3 is 15.0 Å². The Balaban J connectivity index is 1.84. The van der Waals surface area contributed by atoms with E-state index in [0.717, 1.165) is 23.3 Å². The van der Waals surface area contributed by atoms with Crippen molar-refractivity contribution in [2.45, 2.75) is 12.2 Å². The van der Waals surface area contributed by atoms with Gasteiger partial charge in [0.15, 0.2) is 0 Å². The van der Waals surface area contributed by atoms with E-state index in [2.05, 4.69) is 9.98 Å². The van der Waals surface area contributed by atoms with Crippen LogP contribution in [0.15, 0.2) is 66.1 Å². The number of carbonyl (C=O) groups excluding carboxylic acids is 1. The predicted octanol–water partition coefficient (Wildman–Crippen LogP) is 4.39. The molecule has 9 heteroatoms. The number of hydrogen-bond donors (Lipinski definition) is 1. The van der Waals surface area contributed by atoms with E-state index in [-0.39, 0.29) is 17.2 Å². The molecule has 2 aromatic carbocycles. The van der Waals surface area contributed by atoms with Crippen molar-refractivity contribution in [2.75, 3.05) is 13.7 Å². The minimum Gasteiger partial charge on any atom is -0.496 e. The topological polar surface area (TPSA) is 82.5 Å². The molecule has 32 heavy (non-hydrogen) atoms. The van der Waals surface area contributed by atoms with Crippen LogP contribution in [0.4, 0.5) is 13.2 Å². The Hall–Kier alpha value is -3.88. The van der Waals surface area contributed by atoms with Gasteiger partial charge in [-0.25, -0.2) is 4.98 Å². The number of allylic oxidation sites excluding steroid dienone is 1. The fourth-order valence-corrected chi connectivity index (χ4v) is 3.75. The minimum absolute atomic E-state index is 0.181. The second-order valence-electron chi connectivity index (χ2n) is 7.20. The number of benzene rings is 2. The standard InChI is InChI=1S/C23H19F3N4O2/c1-32-21-5-3-2-4-18(21)17-6-7-28-12-20(17)30-13-29-11-19(30)14-8-15(22(27)31)10-16(9-14)23(24,25)26/h2-11,13,20H,12H2,1H3,(H2,27,31). The Morgan fingerprint density at radius 2 is 2.00 bits per heavy atom. The second kappa shape index (κ2) is 8.33. The highest BCUT2D eigenvalue weighted by atomic mass is 19.4. The lowest BCUT2D eigenvalue weighted by Gasteiger charge is -2.26. The SMILES string of the molecule is COc1ccccc1C1=CC=NCC1n1cncc1-c1cc(C(N)=O)cc(C(F)(F)F)c1. The van der Waals surface area contributed by atoms with Gasteiger partial charge in [-0.1, -0.05) is 18.2 Å².